The Hall–Kier alpha value is -2.27. The first-order chi connectivity index (χ1) is 10.1. The highest BCUT2D eigenvalue weighted by Crippen LogP contribution is 2.24. The Morgan fingerprint density at radius 3 is 2.76 bits per heavy atom. The first kappa shape index (κ1) is 15.1. The van der Waals surface area contributed by atoms with Crippen molar-refractivity contribution < 1.29 is 14.6 Å². The Morgan fingerprint density at radius 2 is 2.05 bits per heavy atom. The summed E-state index contributed by atoms with van der Waals surface area (Å²) >= 11 is 3.37. The Bertz CT molecular complexity index is 683. The van der Waals surface area contributed by atoms with Gasteiger partial charge in [0.05, 0.1) is 12.8 Å². The molecule has 21 heavy (non-hydrogen) atoms. The number of methoxy groups -OCH3 is 1. The lowest BCUT2D eigenvalue weighted by Crippen LogP contribution is -2.07. The molecule has 0 heterocycles. The first-order valence-corrected chi connectivity index (χ1v) is 7.00. The highest BCUT2D eigenvalue weighted by Gasteiger charge is 2.04. The van der Waals surface area contributed by atoms with Crippen LogP contribution in [0.3, 0.4) is 0 Å². The van der Waals surface area contributed by atoms with E-state index in [9.17, 15) is 9.90 Å². The number of hydrogen-bond donors (Lipinski definition) is 2. The molecular formula is C16H14BrNO3. The van der Waals surface area contributed by atoms with Gasteiger partial charge < -0.3 is 15.2 Å². The second-order valence-corrected chi connectivity index (χ2v) is 5.14. The van der Waals surface area contributed by atoms with Crippen LogP contribution < -0.4 is 10.1 Å². The number of carbonyl (C=O) groups excluding carboxylic acids is 1. The molecule has 2 aromatic carbocycles. The quantitative estimate of drug-likeness (QED) is 0.652. The van der Waals surface area contributed by atoms with Gasteiger partial charge >= 0.3 is 0 Å². The van der Waals surface area contributed by atoms with Gasteiger partial charge in [0.25, 0.3) is 0 Å². The molecule has 0 aliphatic carbocycles. The number of amides is 1. The Morgan fingerprint density at radius 1 is 1.29 bits per heavy atom. The number of carbonyl (C=O) groups is 1. The third kappa shape index (κ3) is 4.10. The molecule has 0 radical (unpaired) electrons. The highest BCUT2D eigenvalue weighted by atomic mass is 79.9. The normalized spacial score (nSPS) is 10.6. The largest absolute Gasteiger partial charge is 0.506 e. The summed E-state index contributed by atoms with van der Waals surface area (Å²) in [6.45, 7) is 0. The lowest BCUT2D eigenvalue weighted by Gasteiger charge is -2.06. The second-order valence-electron chi connectivity index (χ2n) is 4.23. The van der Waals surface area contributed by atoms with E-state index >= 15 is 0 Å². The van der Waals surface area contributed by atoms with Gasteiger partial charge in [-0.15, -0.1) is 0 Å². The SMILES string of the molecule is COc1ccc(Br)cc1C=CC(=O)Nc1ccccc1O. The number of aromatic hydroxyl groups is 1. The van der Waals surface area contributed by atoms with Gasteiger partial charge in [0.1, 0.15) is 11.5 Å². The molecule has 0 unspecified atom stereocenters. The van der Waals surface area contributed by atoms with E-state index in [2.05, 4.69) is 21.2 Å². The number of hydrogen-bond acceptors (Lipinski definition) is 3. The summed E-state index contributed by atoms with van der Waals surface area (Å²) in [6.07, 6.45) is 3.04. The van der Waals surface area contributed by atoms with Crippen molar-refractivity contribution in [3.63, 3.8) is 0 Å². The van der Waals surface area contributed by atoms with Crippen LogP contribution in [-0.4, -0.2) is 18.1 Å². The molecule has 0 atom stereocenters. The van der Waals surface area contributed by atoms with Crippen molar-refractivity contribution in [2.24, 2.45) is 0 Å². The molecule has 0 aliphatic rings. The van der Waals surface area contributed by atoms with Crippen molar-refractivity contribution in [1.82, 2.24) is 0 Å². The topological polar surface area (TPSA) is 58.6 Å². The Kier molecular flexibility index (Phi) is 5.00. The maximum Gasteiger partial charge on any atom is 0.248 e. The van der Waals surface area contributed by atoms with Crippen LogP contribution in [0.15, 0.2) is 53.0 Å². The van der Waals surface area contributed by atoms with E-state index in [0.29, 0.717) is 11.4 Å². The number of rotatable bonds is 4. The van der Waals surface area contributed by atoms with Crippen molar-refractivity contribution in [2.45, 2.75) is 0 Å². The molecule has 0 bridgehead atoms. The predicted molar refractivity (Wildman–Crippen MR) is 86.5 cm³/mol. The van der Waals surface area contributed by atoms with Crippen LogP contribution >= 0.6 is 15.9 Å². The summed E-state index contributed by atoms with van der Waals surface area (Å²) in [4.78, 5) is 11.9. The maximum atomic E-state index is 11.9. The second kappa shape index (κ2) is 6.95. The molecule has 2 N–H and O–H groups in total. The van der Waals surface area contributed by atoms with Crippen molar-refractivity contribution in [1.29, 1.82) is 0 Å². The van der Waals surface area contributed by atoms with Crippen molar-refractivity contribution in [3.05, 3.63) is 58.6 Å². The fourth-order valence-electron chi connectivity index (χ4n) is 1.75. The zero-order chi connectivity index (χ0) is 15.2. The molecule has 0 fully saturated rings. The van der Waals surface area contributed by atoms with Gasteiger partial charge in [-0.3, -0.25) is 4.79 Å². The van der Waals surface area contributed by atoms with Crippen LogP contribution in [0.25, 0.3) is 6.08 Å². The monoisotopic (exact) mass is 347 g/mol. The molecule has 108 valence electrons. The van der Waals surface area contributed by atoms with Crippen LogP contribution in [0.1, 0.15) is 5.56 Å². The molecule has 2 rings (SSSR count). The molecule has 0 saturated carbocycles. The third-order valence-corrected chi connectivity index (χ3v) is 3.26. The molecular weight excluding hydrogens is 334 g/mol. The number of benzene rings is 2. The Balaban J connectivity index is 2.12. The summed E-state index contributed by atoms with van der Waals surface area (Å²) in [5.74, 6) is 0.364. The van der Waals surface area contributed by atoms with Gasteiger partial charge in [-0.05, 0) is 36.4 Å². The van der Waals surface area contributed by atoms with Gasteiger partial charge in [0, 0.05) is 16.1 Å². The summed E-state index contributed by atoms with van der Waals surface area (Å²) < 4.78 is 6.12. The molecule has 1 amide bonds. The fraction of sp³-hybridized carbons (Fsp3) is 0.0625. The number of phenols is 1. The molecule has 0 spiro atoms. The van der Waals surface area contributed by atoms with Gasteiger partial charge in [-0.2, -0.15) is 0 Å². The molecule has 0 saturated heterocycles. The molecule has 0 aliphatic heterocycles. The lowest BCUT2D eigenvalue weighted by atomic mass is 10.2. The van der Waals surface area contributed by atoms with Crippen LogP contribution in [0.5, 0.6) is 11.5 Å². The van der Waals surface area contributed by atoms with Gasteiger partial charge in [0.15, 0.2) is 0 Å². The van der Waals surface area contributed by atoms with Crippen molar-refractivity contribution in [3.8, 4) is 11.5 Å². The smallest absolute Gasteiger partial charge is 0.248 e. The lowest BCUT2D eigenvalue weighted by molar-refractivity contribution is -0.111. The van der Waals surface area contributed by atoms with Gasteiger partial charge in [-0.25, -0.2) is 0 Å². The maximum absolute atomic E-state index is 11.9. The summed E-state index contributed by atoms with van der Waals surface area (Å²) in [7, 11) is 1.57. The van der Waals surface area contributed by atoms with E-state index in [4.69, 9.17) is 4.74 Å². The van der Waals surface area contributed by atoms with Crippen LogP contribution in [0.4, 0.5) is 5.69 Å². The average Bonchev–Trinajstić information content (AvgIpc) is 2.48. The summed E-state index contributed by atoms with van der Waals surface area (Å²) in [5.41, 5.74) is 1.15. The minimum atomic E-state index is -0.335. The van der Waals surface area contributed by atoms with E-state index in [0.717, 1.165) is 10.0 Å². The van der Waals surface area contributed by atoms with E-state index < -0.39 is 0 Å². The molecule has 0 aromatic heterocycles. The average molecular weight is 348 g/mol. The van der Waals surface area contributed by atoms with Gasteiger partial charge in [0.2, 0.25) is 5.91 Å². The Labute approximate surface area is 131 Å². The minimum absolute atomic E-state index is 0.0271. The number of phenolic OH excluding ortho intramolecular Hbond substituents is 1. The van der Waals surface area contributed by atoms with E-state index in [1.165, 1.54) is 12.1 Å². The number of halogens is 1. The molecule has 4 nitrogen and oxygen atoms in total. The summed E-state index contributed by atoms with van der Waals surface area (Å²) in [6, 6.07) is 12.1. The number of anilines is 1. The van der Waals surface area contributed by atoms with Crippen LogP contribution in [0.2, 0.25) is 0 Å². The summed E-state index contributed by atoms with van der Waals surface area (Å²) in [5, 5.41) is 12.2. The zero-order valence-corrected chi connectivity index (χ0v) is 12.9. The van der Waals surface area contributed by atoms with E-state index in [1.54, 1.807) is 31.4 Å². The minimum Gasteiger partial charge on any atom is -0.506 e. The first-order valence-electron chi connectivity index (χ1n) is 6.21. The number of ether oxygens (including phenoxy) is 1. The molecule has 2 aromatic rings. The zero-order valence-electron chi connectivity index (χ0n) is 11.3. The van der Waals surface area contributed by atoms with Crippen LogP contribution in [-0.2, 0) is 4.79 Å². The van der Waals surface area contributed by atoms with Crippen molar-refractivity contribution in [2.75, 3.05) is 12.4 Å². The number of para-hydroxylation sites is 2. The van der Waals surface area contributed by atoms with E-state index in [-0.39, 0.29) is 11.7 Å². The molecule has 5 heteroatoms. The van der Waals surface area contributed by atoms with Crippen LogP contribution in [0, 0.1) is 0 Å². The fourth-order valence-corrected chi connectivity index (χ4v) is 2.13. The van der Waals surface area contributed by atoms with E-state index in [1.807, 2.05) is 18.2 Å². The van der Waals surface area contributed by atoms with Crippen molar-refractivity contribution >= 4 is 33.6 Å². The standard InChI is InChI=1S/C16H14BrNO3/c1-21-15-8-7-12(17)10-11(15)6-9-16(20)18-13-4-2-3-5-14(13)19/h2-10,19H,1H3,(H,18,20). The number of nitrogens with one attached hydrogen (secondary N) is 1. The highest BCUT2D eigenvalue weighted by molar-refractivity contribution is 9.10. The third-order valence-electron chi connectivity index (χ3n) is 2.77. The van der Waals surface area contributed by atoms with Gasteiger partial charge in [-0.1, -0.05) is 28.1 Å². The predicted octanol–water partition coefficient (Wildman–Crippen LogP) is 3.82.